The number of aromatic nitrogens is 1. The van der Waals surface area contributed by atoms with Gasteiger partial charge in [-0.2, -0.15) is 0 Å². The van der Waals surface area contributed by atoms with E-state index in [4.69, 9.17) is 28.2 Å². The molecule has 7 heteroatoms. The van der Waals surface area contributed by atoms with E-state index in [9.17, 15) is 0 Å². The van der Waals surface area contributed by atoms with E-state index in [1.165, 1.54) is 0 Å². The van der Waals surface area contributed by atoms with Crippen molar-refractivity contribution < 1.29 is 4.42 Å². The van der Waals surface area contributed by atoms with Gasteiger partial charge in [0.15, 0.2) is 5.11 Å². The molecule has 2 N–H and O–H groups in total. The number of pyridine rings is 1. The summed E-state index contributed by atoms with van der Waals surface area (Å²) in [6, 6.07) is 5.56. The molecule has 0 radical (unpaired) electrons. The van der Waals surface area contributed by atoms with Crippen LogP contribution in [0.3, 0.4) is 0 Å². The molecule has 0 aliphatic carbocycles. The van der Waals surface area contributed by atoms with E-state index in [1.54, 1.807) is 12.3 Å². The molecule has 0 saturated carbocycles. The molecule has 0 atom stereocenters. The van der Waals surface area contributed by atoms with E-state index < -0.39 is 0 Å². The largest absolute Gasteiger partial charge is 0.465 e. The Morgan fingerprint density at radius 1 is 1.53 bits per heavy atom. The third-order valence-electron chi connectivity index (χ3n) is 2.26. The maximum absolute atomic E-state index is 5.82. The van der Waals surface area contributed by atoms with Crippen LogP contribution in [0.2, 0.25) is 5.02 Å². The topological polar surface area (TPSA) is 50.1 Å². The van der Waals surface area contributed by atoms with Gasteiger partial charge in [0.25, 0.3) is 0 Å². The van der Waals surface area contributed by atoms with Crippen molar-refractivity contribution in [3.05, 3.63) is 45.4 Å². The molecule has 0 aromatic carbocycles. The van der Waals surface area contributed by atoms with Gasteiger partial charge in [0, 0.05) is 6.20 Å². The van der Waals surface area contributed by atoms with E-state index in [1.807, 2.05) is 19.1 Å². The average Bonchev–Trinajstić information content (AvgIpc) is 2.76. The van der Waals surface area contributed by atoms with Crippen LogP contribution in [0, 0.1) is 6.92 Å². The van der Waals surface area contributed by atoms with Crippen LogP contribution in [-0.2, 0) is 6.54 Å². The fourth-order valence-electron chi connectivity index (χ4n) is 1.41. The Kier molecular flexibility index (Phi) is 4.79. The van der Waals surface area contributed by atoms with Crippen LogP contribution in [0.1, 0.15) is 11.5 Å². The summed E-state index contributed by atoms with van der Waals surface area (Å²) in [5.41, 5.74) is 0. The summed E-state index contributed by atoms with van der Waals surface area (Å²) in [6.45, 7) is 2.42. The molecule has 0 saturated heterocycles. The molecule has 2 rings (SSSR count). The van der Waals surface area contributed by atoms with E-state index in [2.05, 4.69) is 31.5 Å². The molecule has 0 aliphatic rings. The lowest BCUT2D eigenvalue weighted by Gasteiger charge is -2.10. The number of halogens is 2. The second-order valence-electron chi connectivity index (χ2n) is 3.80. The van der Waals surface area contributed by atoms with Gasteiger partial charge in [-0.15, -0.1) is 0 Å². The lowest BCUT2D eigenvalue weighted by atomic mass is 10.4. The molecule has 0 aliphatic heterocycles. The van der Waals surface area contributed by atoms with E-state index in [0.717, 1.165) is 16.0 Å². The van der Waals surface area contributed by atoms with Crippen molar-refractivity contribution in [2.75, 3.05) is 5.32 Å². The first-order chi connectivity index (χ1) is 9.04. The van der Waals surface area contributed by atoms with Crippen molar-refractivity contribution in [3.63, 3.8) is 0 Å². The van der Waals surface area contributed by atoms with Gasteiger partial charge in [0.2, 0.25) is 0 Å². The SMILES string of the molecule is Cc1ccc(CNC(=S)Nc2ncc(Cl)cc2Br)o1. The van der Waals surface area contributed by atoms with Crippen molar-refractivity contribution in [2.45, 2.75) is 13.5 Å². The van der Waals surface area contributed by atoms with Gasteiger partial charge in [0.1, 0.15) is 17.3 Å². The van der Waals surface area contributed by atoms with Crippen molar-refractivity contribution in [2.24, 2.45) is 0 Å². The Morgan fingerprint density at radius 3 is 2.95 bits per heavy atom. The van der Waals surface area contributed by atoms with Crippen LogP contribution in [0.4, 0.5) is 5.82 Å². The van der Waals surface area contributed by atoms with E-state index in [-0.39, 0.29) is 0 Å². The molecule has 0 amide bonds. The highest BCUT2D eigenvalue weighted by atomic mass is 79.9. The first kappa shape index (κ1) is 14.3. The minimum absolute atomic E-state index is 0.463. The molecule has 2 aromatic heterocycles. The Hall–Kier alpha value is -1.11. The van der Waals surface area contributed by atoms with Gasteiger partial charge in [0.05, 0.1) is 16.0 Å². The molecule has 4 nitrogen and oxygen atoms in total. The molecular formula is C12H11BrClN3OS. The maximum atomic E-state index is 5.82. The zero-order chi connectivity index (χ0) is 13.8. The Bertz CT molecular complexity index is 602. The first-order valence-electron chi connectivity index (χ1n) is 5.46. The van der Waals surface area contributed by atoms with Crippen LogP contribution in [0.15, 0.2) is 33.3 Å². The predicted octanol–water partition coefficient (Wildman–Crippen LogP) is 3.89. The summed E-state index contributed by atoms with van der Waals surface area (Å²) in [5, 5.41) is 7.03. The van der Waals surface area contributed by atoms with Crippen molar-refractivity contribution >= 4 is 50.7 Å². The van der Waals surface area contributed by atoms with Crippen molar-refractivity contribution in [1.29, 1.82) is 0 Å². The second-order valence-corrected chi connectivity index (χ2v) is 5.50. The van der Waals surface area contributed by atoms with Gasteiger partial charge in [-0.1, -0.05) is 11.6 Å². The number of hydrogen-bond acceptors (Lipinski definition) is 3. The van der Waals surface area contributed by atoms with Gasteiger partial charge >= 0.3 is 0 Å². The van der Waals surface area contributed by atoms with Crippen molar-refractivity contribution in [3.8, 4) is 0 Å². The van der Waals surface area contributed by atoms with Crippen LogP contribution >= 0.6 is 39.7 Å². The third-order valence-corrected chi connectivity index (χ3v) is 3.32. The number of thiocarbonyl (C=S) groups is 1. The summed E-state index contributed by atoms with van der Waals surface area (Å²) < 4.78 is 6.18. The van der Waals surface area contributed by atoms with Gasteiger partial charge in [-0.3, -0.25) is 0 Å². The number of anilines is 1. The predicted molar refractivity (Wildman–Crippen MR) is 83.5 cm³/mol. The molecule has 0 bridgehead atoms. The van der Waals surface area contributed by atoms with Crippen LogP contribution in [-0.4, -0.2) is 10.1 Å². The van der Waals surface area contributed by atoms with Crippen LogP contribution in [0.5, 0.6) is 0 Å². The number of hydrogen-bond donors (Lipinski definition) is 2. The summed E-state index contributed by atoms with van der Waals surface area (Å²) in [4.78, 5) is 4.14. The summed E-state index contributed by atoms with van der Waals surface area (Å²) in [6.07, 6.45) is 1.55. The molecule has 2 aromatic rings. The third kappa shape index (κ3) is 4.19. The zero-order valence-corrected chi connectivity index (χ0v) is 13.2. The fourth-order valence-corrected chi connectivity index (χ4v) is 2.31. The number of furan rings is 1. The highest BCUT2D eigenvalue weighted by Crippen LogP contribution is 2.22. The van der Waals surface area contributed by atoms with E-state index in [0.29, 0.717) is 22.5 Å². The van der Waals surface area contributed by atoms with Gasteiger partial charge in [-0.25, -0.2) is 4.98 Å². The minimum Gasteiger partial charge on any atom is -0.465 e. The monoisotopic (exact) mass is 359 g/mol. The highest BCUT2D eigenvalue weighted by molar-refractivity contribution is 9.10. The number of rotatable bonds is 3. The molecule has 0 fully saturated rings. The number of nitrogens with zero attached hydrogens (tertiary/aromatic N) is 1. The van der Waals surface area contributed by atoms with Gasteiger partial charge < -0.3 is 15.1 Å². The fraction of sp³-hybridized carbons (Fsp3) is 0.167. The van der Waals surface area contributed by atoms with Crippen LogP contribution < -0.4 is 10.6 Å². The first-order valence-corrected chi connectivity index (χ1v) is 7.04. The maximum Gasteiger partial charge on any atom is 0.172 e. The lowest BCUT2D eigenvalue weighted by molar-refractivity contribution is 0.478. The zero-order valence-electron chi connectivity index (χ0n) is 10.0. The Labute approximate surface area is 129 Å². The number of aryl methyl sites for hydroxylation is 1. The standard InChI is InChI=1S/C12H11BrClN3OS/c1-7-2-3-9(18-7)6-16-12(19)17-11-10(13)4-8(14)5-15-11/h2-5H,6H2,1H3,(H2,15,16,17,19). The highest BCUT2D eigenvalue weighted by Gasteiger charge is 2.05. The molecule has 0 unspecified atom stereocenters. The lowest BCUT2D eigenvalue weighted by Crippen LogP contribution is -2.28. The average molecular weight is 361 g/mol. The normalized spacial score (nSPS) is 10.3. The molecule has 19 heavy (non-hydrogen) atoms. The molecular weight excluding hydrogens is 350 g/mol. The summed E-state index contributed by atoms with van der Waals surface area (Å²) in [7, 11) is 0. The Morgan fingerprint density at radius 2 is 2.32 bits per heavy atom. The molecule has 100 valence electrons. The van der Waals surface area contributed by atoms with Crippen LogP contribution in [0.25, 0.3) is 0 Å². The molecule has 0 spiro atoms. The van der Waals surface area contributed by atoms with Gasteiger partial charge in [-0.05, 0) is 53.3 Å². The summed E-state index contributed by atoms with van der Waals surface area (Å²) >= 11 is 14.4. The molecule has 2 heterocycles. The number of nitrogens with one attached hydrogen (secondary N) is 2. The van der Waals surface area contributed by atoms with Crippen molar-refractivity contribution in [1.82, 2.24) is 10.3 Å². The summed E-state index contributed by atoms with van der Waals surface area (Å²) in [5.74, 6) is 2.31. The smallest absolute Gasteiger partial charge is 0.172 e. The van der Waals surface area contributed by atoms with E-state index >= 15 is 0 Å². The minimum atomic E-state index is 0.463. The Balaban J connectivity index is 1.90. The quantitative estimate of drug-likeness (QED) is 0.813. The second kappa shape index (κ2) is 6.36.